The molecule has 5 nitrogen and oxygen atoms in total. The molecular weight excluding hydrogens is 302 g/mol. The van der Waals surface area contributed by atoms with Crippen LogP contribution in [0.4, 0.5) is 11.4 Å². The number of nitrogens with zero attached hydrogens (tertiary/aromatic N) is 3. The Morgan fingerprint density at radius 1 is 0.875 bits per heavy atom. The van der Waals surface area contributed by atoms with Gasteiger partial charge in [0.05, 0.1) is 4.92 Å². The summed E-state index contributed by atoms with van der Waals surface area (Å²) < 4.78 is 0. The van der Waals surface area contributed by atoms with E-state index in [-0.39, 0.29) is 10.6 Å². The summed E-state index contributed by atoms with van der Waals surface area (Å²) in [5.41, 5.74) is 4.23. The van der Waals surface area contributed by atoms with Gasteiger partial charge >= 0.3 is 0 Å². The van der Waals surface area contributed by atoms with Gasteiger partial charge in [-0.3, -0.25) is 15.0 Å². The van der Waals surface area contributed by atoms with Gasteiger partial charge in [0.2, 0.25) is 0 Å². The number of nitro groups is 1. The third-order valence-electron chi connectivity index (χ3n) is 5.29. The molecule has 2 aromatic rings. The smallest absolute Gasteiger partial charge is 0.269 e. The summed E-state index contributed by atoms with van der Waals surface area (Å²) in [4.78, 5) is 15.3. The van der Waals surface area contributed by atoms with E-state index in [1.807, 2.05) is 12.1 Å². The zero-order valence-corrected chi connectivity index (χ0v) is 13.6. The van der Waals surface area contributed by atoms with Crippen LogP contribution < -0.4 is 4.90 Å². The van der Waals surface area contributed by atoms with Gasteiger partial charge in [-0.05, 0) is 36.1 Å². The lowest BCUT2D eigenvalue weighted by atomic mass is 10.1. The number of non-ortho nitro benzene ring substituents is 1. The first-order valence-electron chi connectivity index (χ1n) is 8.51. The summed E-state index contributed by atoms with van der Waals surface area (Å²) in [5.74, 6) is 0. The summed E-state index contributed by atoms with van der Waals surface area (Å²) in [6.45, 7) is 4.06. The van der Waals surface area contributed by atoms with E-state index in [1.54, 1.807) is 12.1 Å². The Hall–Kier alpha value is -2.40. The average molecular weight is 323 g/mol. The molecule has 1 aliphatic carbocycles. The highest BCUT2D eigenvalue weighted by atomic mass is 16.6. The van der Waals surface area contributed by atoms with Gasteiger partial charge in [-0.2, -0.15) is 0 Å². The van der Waals surface area contributed by atoms with Crippen LogP contribution in [-0.2, 0) is 12.8 Å². The highest BCUT2D eigenvalue weighted by molar-refractivity contribution is 5.51. The number of anilines is 1. The lowest BCUT2D eigenvalue weighted by Crippen LogP contribution is -2.50. The fourth-order valence-electron chi connectivity index (χ4n) is 3.92. The molecule has 1 saturated heterocycles. The van der Waals surface area contributed by atoms with Gasteiger partial charge in [0.1, 0.15) is 0 Å². The maximum atomic E-state index is 10.8. The number of hydrogen-bond donors (Lipinski definition) is 0. The normalized spacial score (nSPS) is 18.6. The molecule has 0 unspecified atom stereocenters. The molecule has 0 N–H and O–H groups in total. The van der Waals surface area contributed by atoms with Gasteiger partial charge in [-0.1, -0.05) is 24.3 Å². The third kappa shape index (κ3) is 2.87. The Labute approximate surface area is 141 Å². The van der Waals surface area contributed by atoms with Crippen LogP contribution in [0.25, 0.3) is 0 Å². The first-order valence-corrected chi connectivity index (χ1v) is 8.51. The van der Waals surface area contributed by atoms with Crippen molar-refractivity contribution in [3.8, 4) is 0 Å². The largest absolute Gasteiger partial charge is 0.369 e. The Kier molecular flexibility index (Phi) is 3.94. The molecule has 0 saturated carbocycles. The number of hydrogen-bond acceptors (Lipinski definition) is 4. The van der Waals surface area contributed by atoms with E-state index < -0.39 is 0 Å². The van der Waals surface area contributed by atoms with Crippen LogP contribution in [0.1, 0.15) is 11.1 Å². The van der Waals surface area contributed by atoms with E-state index in [0.29, 0.717) is 6.04 Å². The van der Waals surface area contributed by atoms with Crippen molar-refractivity contribution < 1.29 is 4.92 Å². The molecular formula is C19H21N3O2. The van der Waals surface area contributed by atoms with Crippen LogP contribution in [0.3, 0.4) is 0 Å². The Bertz CT molecular complexity index is 712. The van der Waals surface area contributed by atoms with Crippen LogP contribution >= 0.6 is 0 Å². The van der Waals surface area contributed by atoms with E-state index in [0.717, 1.165) is 44.7 Å². The predicted octanol–water partition coefficient (Wildman–Crippen LogP) is 2.88. The highest BCUT2D eigenvalue weighted by Gasteiger charge is 2.29. The quantitative estimate of drug-likeness (QED) is 0.644. The van der Waals surface area contributed by atoms with Crippen LogP contribution in [0.2, 0.25) is 0 Å². The molecule has 24 heavy (non-hydrogen) atoms. The Morgan fingerprint density at radius 3 is 2.00 bits per heavy atom. The van der Waals surface area contributed by atoms with Gasteiger partial charge in [0, 0.05) is 50.0 Å². The van der Waals surface area contributed by atoms with Crippen LogP contribution in [0.15, 0.2) is 48.5 Å². The molecule has 1 heterocycles. The van der Waals surface area contributed by atoms with Crippen molar-refractivity contribution in [2.75, 3.05) is 31.1 Å². The number of rotatable bonds is 3. The SMILES string of the molecule is O=[N+]([O-])c1ccc(N2CCN(C3Cc4ccccc4C3)CC2)cc1. The van der Waals surface area contributed by atoms with Gasteiger partial charge < -0.3 is 4.90 Å². The van der Waals surface area contributed by atoms with Crippen molar-refractivity contribution in [2.45, 2.75) is 18.9 Å². The highest BCUT2D eigenvalue weighted by Crippen LogP contribution is 2.27. The zero-order valence-electron chi connectivity index (χ0n) is 13.6. The Balaban J connectivity index is 1.36. The van der Waals surface area contributed by atoms with Crippen molar-refractivity contribution in [3.05, 3.63) is 69.8 Å². The molecule has 0 aromatic heterocycles. The van der Waals surface area contributed by atoms with Crippen LogP contribution in [0, 0.1) is 10.1 Å². The summed E-state index contributed by atoms with van der Waals surface area (Å²) >= 11 is 0. The summed E-state index contributed by atoms with van der Waals surface area (Å²) in [7, 11) is 0. The molecule has 1 aliphatic heterocycles. The van der Waals surface area contributed by atoms with Crippen LogP contribution in [-0.4, -0.2) is 42.0 Å². The van der Waals surface area contributed by atoms with E-state index >= 15 is 0 Å². The average Bonchev–Trinajstić information content (AvgIpc) is 3.06. The zero-order chi connectivity index (χ0) is 16.5. The van der Waals surface area contributed by atoms with Crippen molar-refractivity contribution in [3.63, 3.8) is 0 Å². The molecule has 124 valence electrons. The van der Waals surface area contributed by atoms with E-state index in [2.05, 4.69) is 34.1 Å². The molecule has 5 heteroatoms. The molecule has 4 rings (SSSR count). The molecule has 1 fully saturated rings. The van der Waals surface area contributed by atoms with Gasteiger partial charge in [-0.15, -0.1) is 0 Å². The second-order valence-electron chi connectivity index (χ2n) is 6.63. The minimum absolute atomic E-state index is 0.154. The molecule has 2 aliphatic rings. The van der Waals surface area contributed by atoms with Crippen molar-refractivity contribution >= 4 is 11.4 Å². The van der Waals surface area contributed by atoms with Crippen molar-refractivity contribution in [1.82, 2.24) is 4.90 Å². The molecule has 0 radical (unpaired) electrons. The number of fused-ring (bicyclic) bond motifs is 1. The summed E-state index contributed by atoms with van der Waals surface area (Å²) in [6.07, 6.45) is 2.32. The minimum atomic E-state index is -0.348. The van der Waals surface area contributed by atoms with Gasteiger partial charge in [0.15, 0.2) is 0 Å². The van der Waals surface area contributed by atoms with Crippen LogP contribution in [0.5, 0.6) is 0 Å². The lowest BCUT2D eigenvalue weighted by Gasteiger charge is -2.39. The van der Waals surface area contributed by atoms with Gasteiger partial charge in [0.25, 0.3) is 5.69 Å². The number of benzene rings is 2. The van der Waals surface area contributed by atoms with Crippen molar-refractivity contribution in [1.29, 1.82) is 0 Å². The maximum Gasteiger partial charge on any atom is 0.269 e. The second kappa shape index (κ2) is 6.24. The fraction of sp³-hybridized carbons (Fsp3) is 0.368. The van der Waals surface area contributed by atoms with E-state index in [1.165, 1.54) is 11.1 Å². The fourth-order valence-corrected chi connectivity index (χ4v) is 3.92. The number of nitro benzene ring substituents is 1. The number of piperazine rings is 1. The molecule has 2 aromatic carbocycles. The first-order chi connectivity index (χ1) is 11.7. The van der Waals surface area contributed by atoms with E-state index in [4.69, 9.17) is 0 Å². The van der Waals surface area contributed by atoms with Crippen molar-refractivity contribution in [2.24, 2.45) is 0 Å². The topological polar surface area (TPSA) is 49.6 Å². The van der Waals surface area contributed by atoms with Gasteiger partial charge in [-0.25, -0.2) is 0 Å². The monoisotopic (exact) mass is 323 g/mol. The predicted molar refractivity (Wildman–Crippen MR) is 94.5 cm³/mol. The summed E-state index contributed by atoms with van der Waals surface area (Å²) in [5, 5.41) is 10.8. The minimum Gasteiger partial charge on any atom is -0.369 e. The molecule has 0 amide bonds. The second-order valence-corrected chi connectivity index (χ2v) is 6.63. The maximum absolute atomic E-state index is 10.8. The first kappa shape index (κ1) is 15.1. The molecule has 0 spiro atoms. The van der Waals surface area contributed by atoms with E-state index in [9.17, 15) is 10.1 Å². The third-order valence-corrected chi connectivity index (χ3v) is 5.29. The Morgan fingerprint density at radius 2 is 1.46 bits per heavy atom. The lowest BCUT2D eigenvalue weighted by molar-refractivity contribution is -0.384. The standard InChI is InChI=1S/C19H21N3O2/c23-22(24)18-7-5-17(6-8-18)20-9-11-21(12-10-20)19-13-15-3-1-2-4-16(15)14-19/h1-8,19H,9-14H2. The molecule has 0 atom stereocenters. The molecule has 0 bridgehead atoms. The summed E-state index contributed by atoms with van der Waals surface area (Å²) in [6, 6.07) is 16.3.